The van der Waals surface area contributed by atoms with Crippen LogP contribution < -0.4 is 15.4 Å². The Hall–Kier alpha value is -2.66. The minimum atomic E-state index is -4.70. The van der Waals surface area contributed by atoms with Crippen LogP contribution in [0.2, 0.25) is 10.0 Å². The summed E-state index contributed by atoms with van der Waals surface area (Å²) in [6.45, 7) is 2.48. The summed E-state index contributed by atoms with van der Waals surface area (Å²) in [5, 5.41) is 3.06. The highest BCUT2D eigenvalue weighted by Gasteiger charge is 2.38. The maximum absolute atomic E-state index is 13.0. The number of anilines is 1. The molecule has 2 heterocycles. The van der Waals surface area contributed by atoms with Crippen LogP contribution >= 0.6 is 23.2 Å². The molecule has 13 heteroatoms. The van der Waals surface area contributed by atoms with Gasteiger partial charge in [0.15, 0.2) is 5.69 Å². The number of nitrogens with zero attached hydrogens (tertiary/aromatic N) is 4. The predicted octanol–water partition coefficient (Wildman–Crippen LogP) is 2.97. The van der Waals surface area contributed by atoms with Gasteiger partial charge in [-0.1, -0.05) is 23.2 Å². The number of methoxy groups -OCH3 is 1. The van der Waals surface area contributed by atoms with E-state index in [0.717, 1.165) is 4.68 Å². The standard InChI is InChI=1S/C19H20Cl2F3N5O3/c1-10-15(20)17(19(22,23)24)26-29(10)9-14(30)28-5-3-27(4-6-28)11-7-12(18(25)31)16(21)13(8-11)32-2/h7-8H,3-6,9H2,1-2H3,(H2,25,31). The summed E-state index contributed by atoms with van der Waals surface area (Å²) in [5.74, 6) is -0.787. The van der Waals surface area contributed by atoms with Gasteiger partial charge in [-0.2, -0.15) is 18.3 Å². The zero-order valence-corrected chi connectivity index (χ0v) is 18.7. The van der Waals surface area contributed by atoms with Crippen molar-refractivity contribution in [2.75, 3.05) is 38.2 Å². The molecule has 0 bridgehead atoms. The molecule has 1 aromatic heterocycles. The Labute approximate surface area is 191 Å². The van der Waals surface area contributed by atoms with Crippen molar-refractivity contribution in [3.05, 3.63) is 39.1 Å². The minimum Gasteiger partial charge on any atom is -0.495 e. The number of ether oxygens (including phenoxy) is 1. The average molecular weight is 494 g/mol. The zero-order valence-electron chi connectivity index (χ0n) is 17.2. The molecule has 0 spiro atoms. The quantitative estimate of drug-likeness (QED) is 0.690. The highest BCUT2D eigenvalue weighted by molar-refractivity contribution is 6.35. The fourth-order valence-electron chi connectivity index (χ4n) is 3.40. The van der Waals surface area contributed by atoms with E-state index in [1.807, 2.05) is 4.90 Å². The molecule has 1 saturated heterocycles. The van der Waals surface area contributed by atoms with Gasteiger partial charge >= 0.3 is 6.18 Å². The van der Waals surface area contributed by atoms with E-state index in [0.29, 0.717) is 37.6 Å². The molecule has 2 aromatic rings. The van der Waals surface area contributed by atoms with E-state index in [4.69, 9.17) is 33.7 Å². The molecule has 3 rings (SSSR count). The number of piperazine rings is 1. The monoisotopic (exact) mass is 493 g/mol. The number of amides is 2. The van der Waals surface area contributed by atoms with E-state index in [-0.39, 0.29) is 28.7 Å². The third kappa shape index (κ3) is 4.73. The van der Waals surface area contributed by atoms with E-state index in [2.05, 4.69) is 5.10 Å². The van der Waals surface area contributed by atoms with Crippen molar-refractivity contribution in [1.29, 1.82) is 0 Å². The summed E-state index contributed by atoms with van der Waals surface area (Å²) in [7, 11) is 1.42. The third-order valence-corrected chi connectivity index (χ3v) is 6.04. The number of benzene rings is 1. The maximum Gasteiger partial charge on any atom is 0.436 e. The van der Waals surface area contributed by atoms with E-state index >= 15 is 0 Å². The number of hydrogen-bond donors (Lipinski definition) is 1. The number of carbonyl (C=O) groups is 2. The number of alkyl halides is 3. The number of carbonyl (C=O) groups excluding carboxylic acids is 2. The highest BCUT2D eigenvalue weighted by atomic mass is 35.5. The van der Waals surface area contributed by atoms with Crippen molar-refractivity contribution in [3.63, 3.8) is 0 Å². The summed E-state index contributed by atoms with van der Waals surface area (Å²) >= 11 is 11.9. The maximum atomic E-state index is 13.0. The Morgan fingerprint density at radius 1 is 1.16 bits per heavy atom. The van der Waals surface area contributed by atoms with Crippen LogP contribution in [-0.2, 0) is 17.5 Å². The lowest BCUT2D eigenvalue weighted by atomic mass is 10.1. The molecule has 0 radical (unpaired) electrons. The van der Waals surface area contributed by atoms with Crippen molar-refractivity contribution >= 4 is 40.7 Å². The van der Waals surface area contributed by atoms with Crippen molar-refractivity contribution < 1.29 is 27.5 Å². The number of nitrogens with two attached hydrogens (primary N) is 1. The first-order valence-electron chi connectivity index (χ1n) is 9.44. The van der Waals surface area contributed by atoms with Gasteiger partial charge in [0.25, 0.3) is 0 Å². The van der Waals surface area contributed by atoms with E-state index in [1.54, 1.807) is 12.1 Å². The van der Waals surface area contributed by atoms with Gasteiger partial charge < -0.3 is 20.3 Å². The predicted molar refractivity (Wildman–Crippen MR) is 112 cm³/mol. The Morgan fingerprint density at radius 3 is 2.28 bits per heavy atom. The van der Waals surface area contributed by atoms with E-state index < -0.39 is 22.8 Å². The van der Waals surface area contributed by atoms with Crippen molar-refractivity contribution in [2.24, 2.45) is 5.73 Å². The third-order valence-electron chi connectivity index (χ3n) is 5.19. The van der Waals surface area contributed by atoms with Gasteiger partial charge in [0, 0.05) is 37.9 Å². The molecule has 1 aliphatic heterocycles. The number of rotatable bonds is 5. The summed E-state index contributed by atoms with van der Waals surface area (Å²) in [4.78, 5) is 27.8. The van der Waals surface area contributed by atoms with Crippen LogP contribution in [0.1, 0.15) is 21.7 Å². The van der Waals surface area contributed by atoms with E-state index in [9.17, 15) is 22.8 Å². The molecule has 2 N–H and O–H groups in total. The first-order chi connectivity index (χ1) is 14.9. The lowest BCUT2D eigenvalue weighted by molar-refractivity contribution is -0.142. The van der Waals surface area contributed by atoms with Crippen LogP contribution in [0.5, 0.6) is 5.75 Å². The number of halogens is 5. The van der Waals surface area contributed by atoms with Crippen LogP contribution in [-0.4, -0.2) is 59.8 Å². The minimum absolute atomic E-state index is 0.0678. The molecule has 0 unspecified atom stereocenters. The molecular weight excluding hydrogens is 474 g/mol. The van der Waals surface area contributed by atoms with Crippen molar-refractivity contribution in [1.82, 2.24) is 14.7 Å². The molecule has 1 fully saturated rings. The Balaban J connectivity index is 1.70. The van der Waals surface area contributed by atoms with Gasteiger partial charge in [-0.15, -0.1) is 0 Å². The molecule has 1 aromatic carbocycles. The van der Waals surface area contributed by atoms with Crippen LogP contribution in [0.4, 0.5) is 18.9 Å². The highest BCUT2D eigenvalue weighted by Crippen LogP contribution is 2.36. The van der Waals surface area contributed by atoms with Gasteiger partial charge in [-0.25, -0.2) is 0 Å². The van der Waals surface area contributed by atoms with Crippen molar-refractivity contribution in [2.45, 2.75) is 19.6 Å². The first kappa shape index (κ1) is 24.0. The van der Waals surface area contributed by atoms with Crippen LogP contribution in [0.3, 0.4) is 0 Å². The second-order valence-corrected chi connectivity index (χ2v) is 7.90. The topological polar surface area (TPSA) is 93.7 Å². The summed E-state index contributed by atoms with van der Waals surface area (Å²) < 4.78 is 45.1. The normalized spacial score (nSPS) is 14.6. The van der Waals surface area contributed by atoms with Crippen LogP contribution in [0.25, 0.3) is 0 Å². The molecule has 2 amide bonds. The van der Waals surface area contributed by atoms with Gasteiger partial charge in [0.2, 0.25) is 11.8 Å². The smallest absolute Gasteiger partial charge is 0.436 e. The van der Waals surface area contributed by atoms with Gasteiger partial charge in [-0.05, 0) is 13.0 Å². The lowest BCUT2D eigenvalue weighted by Gasteiger charge is -2.36. The van der Waals surface area contributed by atoms with Gasteiger partial charge in [0.1, 0.15) is 12.3 Å². The summed E-state index contributed by atoms with van der Waals surface area (Å²) in [5.41, 5.74) is 5.01. The zero-order chi connectivity index (χ0) is 23.8. The van der Waals surface area contributed by atoms with Crippen molar-refractivity contribution in [3.8, 4) is 5.75 Å². The average Bonchev–Trinajstić information content (AvgIpc) is 3.02. The lowest BCUT2D eigenvalue weighted by Crippen LogP contribution is -2.49. The van der Waals surface area contributed by atoms with Crippen LogP contribution in [0.15, 0.2) is 12.1 Å². The Morgan fingerprint density at radius 2 is 1.78 bits per heavy atom. The van der Waals surface area contributed by atoms with Gasteiger partial charge in [-0.3, -0.25) is 14.3 Å². The molecule has 0 aliphatic carbocycles. The Kier molecular flexibility index (Phi) is 6.80. The van der Waals surface area contributed by atoms with E-state index in [1.165, 1.54) is 18.9 Å². The molecule has 174 valence electrons. The van der Waals surface area contributed by atoms with Gasteiger partial charge in [0.05, 0.1) is 28.4 Å². The number of primary amides is 1. The molecule has 0 atom stereocenters. The molecular formula is C19H20Cl2F3N5O3. The second kappa shape index (κ2) is 9.07. The first-order valence-corrected chi connectivity index (χ1v) is 10.2. The molecule has 8 nitrogen and oxygen atoms in total. The fourth-order valence-corrected chi connectivity index (χ4v) is 3.92. The molecule has 1 aliphatic rings. The Bertz CT molecular complexity index is 1050. The number of aromatic nitrogens is 2. The molecule has 32 heavy (non-hydrogen) atoms. The number of hydrogen-bond acceptors (Lipinski definition) is 5. The SMILES string of the molecule is COc1cc(N2CCN(C(=O)Cn3nc(C(F)(F)F)c(Cl)c3C)CC2)cc(C(N)=O)c1Cl. The fraction of sp³-hybridized carbons (Fsp3) is 0.421. The largest absolute Gasteiger partial charge is 0.495 e. The summed E-state index contributed by atoms with van der Waals surface area (Å²) in [6, 6.07) is 3.22. The van der Waals surface area contributed by atoms with Crippen LogP contribution in [0, 0.1) is 6.92 Å². The summed E-state index contributed by atoms with van der Waals surface area (Å²) in [6.07, 6.45) is -4.70. The molecule has 0 saturated carbocycles. The second-order valence-electron chi connectivity index (χ2n) is 7.15.